The number of amides is 2. The lowest BCUT2D eigenvalue weighted by Gasteiger charge is -2.27. The zero-order chi connectivity index (χ0) is 20.7. The fourth-order valence-electron chi connectivity index (χ4n) is 3.26. The molecule has 9 nitrogen and oxygen atoms in total. The van der Waals surface area contributed by atoms with Crippen molar-refractivity contribution in [2.45, 2.75) is 50.2 Å². The second-order valence-corrected chi connectivity index (χ2v) is 6.82. The van der Waals surface area contributed by atoms with E-state index in [-0.39, 0.29) is 18.7 Å². The lowest BCUT2D eigenvalue weighted by molar-refractivity contribution is -0.144. The predicted octanol–water partition coefficient (Wildman–Crippen LogP) is -0.0184. The lowest BCUT2D eigenvalue weighted by Crippen LogP contribution is -2.54. The van der Waals surface area contributed by atoms with E-state index in [0.717, 1.165) is 5.56 Å². The zero-order valence-electron chi connectivity index (χ0n) is 15.4. The summed E-state index contributed by atoms with van der Waals surface area (Å²) in [5.41, 5.74) is 6.95. The standard InChI is InChI=1S/C19H25N3O6/c20-13(11-12-5-2-1-3-6-12)18(26)22-10-4-7-15(22)17(25)21-14(19(27)28)8-9-16(23)24/h1-3,5-6,13-15H,4,7-11,20H2,(H,21,25)(H,23,24)(H,27,28)/t13-,14-,15-/m0/s1. The summed E-state index contributed by atoms with van der Waals surface area (Å²) >= 11 is 0. The maximum atomic E-state index is 12.7. The molecule has 0 aliphatic carbocycles. The Morgan fingerprint density at radius 2 is 1.86 bits per heavy atom. The van der Waals surface area contributed by atoms with E-state index in [1.807, 2.05) is 30.3 Å². The van der Waals surface area contributed by atoms with Crippen molar-refractivity contribution in [3.05, 3.63) is 35.9 Å². The number of rotatable bonds is 9. The molecule has 1 aromatic carbocycles. The van der Waals surface area contributed by atoms with Gasteiger partial charge in [0.1, 0.15) is 12.1 Å². The predicted molar refractivity (Wildman–Crippen MR) is 99.3 cm³/mol. The van der Waals surface area contributed by atoms with Crippen LogP contribution in [0.5, 0.6) is 0 Å². The zero-order valence-corrected chi connectivity index (χ0v) is 15.4. The van der Waals surface area contributed by atoms with Crippen molar-refractivity contribution in [1.29, 1.82) is 0 Å². The minimum absolute atomic E-state index is 0.232. The molecule has 1 saturated heterocycles. The number of nitrogens with zero attached hydrogens (tertiary/aromatic N) is 1. The average Bonchev–Trinajstić information content (AvgIpc) is 3.14. The van der Waals surface area contributed by atoms with Crippen LogP contribution in [0.1, 0.15) is 31.2 Å². The Kier molecular flexibility index (Phi) is 7.51. The molecular weight excluding hydrogens is 366 g/mol. The normalized spacial score (nSPS) is 18.3. The summed E-state index contributed by atoms with van der Waals surface area (Å²) in [6.07, 6.45) is 0.730. The quantitative estimate of drug-likeness (QED) is 0.462. The first-order valence-corrected chi connectivity index (χ1v) is 9.14. The van der Waals surface area contributed by atoms with Crippen LogP contribution in [0.15, 0.2) is 30.3 Å². The molecule has 2 amide bonds. The molecule has 9 heteroatoms. The molecule has 0 saturated carbocycles. The number of aliphatic carboxylic acids is 2. The van der Waals surface area contributed by atoms with Crippen LogP contribution in [-0.4, -0.2) is 63.5 Å². The number of nitrogens with two attached hydrogens (primary N) is 1. The van der Waals surface area contributed by atoms with Crippen molar-refractivity contribution >= 4 is 23.8 Å². The van der Waals surface area contributed by atoms with Gasteiger partial charge in [0, 0.05) is 13.0 Å². The van der Waals surface area contributed by atoms with Gasteiger partial charge in [-0.1, -0.05) is 30.3 Å². The number of nitrogens with one attached hydrogen (secondary N) is 1. The molecule has 1 heterocycles. The molecular formula is C19H25N3O6. The van der Waals surface area contributed by atoms with Gasteiger partial charge in [0.2, 0.25) is 11.8 Å². The van der Waals surface area contributed by atoms with Crippen molar-refractivity contribution in [2.75, 3.05) is 6.54 Å². The fourth-order valence-corrected chi connectivity index (χ4v) is 3.26. The smallest absolute Gasteiger partial charge is 0.326 e. The molecule has 0 aromatic heterocycles. The van der Waals surface area contributed by atoms with E-state index < -0.39 is 36.0 Å². The third kappa shape index (κ3) is 5.78. The van der Waals surface area contributed by atoms with E-state index in [2.05, 4.69) is 5.32 Å². The summed E-state index contributed by atoms with van der Waals surface area (Å²) < 4.78 is 0. The molecule has 0 unspecified atom stereocenters. The Morgan fingerprint density at radius 1 is 1.18 bits per heavy atom. The van der Waals surface area contributed by atoms with E-state index in [9.17, 15) is 24.3 Å². The number of carbonyl (C=O) groups is 4. The molecule has 5 N–H and O–H groups in total. The Balaban J connectivity index is 1.99. The Labute approximate surface area is 162 Å². The third-order valence-electron chi connectivity index (χ3n) is 4.72. The first kappa shape index (κ1) is 21.4. The van der Waals surface area contributed by atoms with Crippen molar-refractivity contribution < 1.29 is 29.4 Å². The molecule has 152 valence electrons. The molecule has 1 aliphatic heterocycles. The molecule has 0 bridgehead atoms. The van der Waals surface area contributed by atoms with E-state index in [4.69, 9.17) is 10.8 Å². The number of carboxylic acid groups (broad SMARTS) is 2. The van der Waals surface area contributed by atoms with E-state index in [1.165, 1.54) is 4.90 Å². The minimum Gasteiger partial charge on any atom is -0.481 e. The monoisotopic (exact) mass is 391 g/mol. The van der Waals surface area contributed by atoms with Gasteiger partial charge in [0.15, 0.2) is 0 Å². The van der Waals surface area contributed by atoms with Crippen LogP contribution >= 0.6 is 0 Å². The second-order valence-electron chi connectivity index (χ2n) is 6.82. The number of hydrogen-bond donors (Lipinski definition) is 4. The van der Waals surface area contributed by atoms with Crippen molar-refractivity contribution in [3.63, 3.8) is 0 Å². The van der Waals surface area contributed by atoms with Gasteiger partial charge in [0.05, 0.1) is 6.04 Å². The van der Waals surface area contributed by atoms with Crippen molar-refractivity contribution in [1.82, 2.24) is 10.2 Å². The molecule has 1 aliphatic rings. The summed E-state index contributed by atoms with van der Waals surface area (Å²) in [5, 5.41) is 20.3. The van der Waals surface area contributed by atoms with Crippen LogP contribution in [-0.2, 0) is 25.6 Å². The number of carboxylic acids is 2. The highest BCUT2D eigenvalue weighted by atomic mass is 16.4. The van der Waals surface area contributed by atoms with E-state index >= 15 is 0 Å². The van der Waals surface area contributed by atoms with Crippen LogP contribution in [0, 0.1) is 0 Å². The van der Waals surface area contributed by atoms with Gasteiger partial charge in [-0.25, -0.2) is 4.79 Å². The van der Waals surface area contributed by atoms with Crippen molar-refractivity contribution in [3.8, 4) is 0 Å². The summed E-state index contributed by atoms with van der Waals surface area (Å²) in [6, 6.07) is 6.35. The summed E-state index contributed by atoms with van der Waals surface area (Å²) in [5.74, 6) is -3.43. The molecule has 1 fully saturated rings. The largest absolute Gasteiger partial charge is 0.481 e. The first-order chi connectivity index (χ1) is 13.3. The maximum absolute atomic E-state index is 12.7. The van der Waals surface area contributed by atoms with E-state index in [1.54, 1.807) is 0 Å². The second kappa shape index (κ2) is 9.84. The number of benzene rings is 1. The van der Waals surface area contributed by atoms with Crippen LogP contribution in [0.4, 0.5) is 0 Å². The highest BCUT2D eigenvalue weighted by molar-refractivity contribution is 5.92. The highest BCUT2D eigenvalue weighted by Gasteiger charge is 2.37. The van der Waals surface area contributed by atoms with E-state index in [0.29, 0.717) is 25.8 Å². The summed E-state index contributed by atoms with van der Waals surface area (Å²) in [4.78, 5) is 48.6. The van der Waals surface area contributed by atoms with Gasteiger partial charge < -0.3 is 26.2 Å². The molecule has 1 aromatic rings. The van der Waals surface area contributed by atoms with Crippen LogP contribution < -0.4 is 11.1 Å². The first-order valence-electron chi connectivity index (χ1n) is 9.14. The van der Waals surface area contributed by atoms with Gasteiger partial charge in [-0.15, -0.1) is 0 Å². The van der Waals surface area contributed by atoms with Crippen LogP contribution in [0.25, 0.3) is 0 Å². The van der Waals surface area contributed by atoms with Gasteiger partial charge in [0.25, 0.3) is 0 Å². The topological polar surface area (TPSA) is 150 Å². The summed E-state index contributed by atoms with van der Waals surface area (Å²) in [6.45, 7) is 0.367. The molecule has 0 spiro atoms. The number of likely N-dealkylation sites (tertiary alicyclic amines) is 1. The van der Waals surface area contributed by atoms with Gasteiger partial charge in [-0.3, -0.25) is 14.4 Å². The SMILES string of the molecule is N[C@@H](Cc1ccccc1)C(=O)N1CCC[C@H]1C(=O)N[C@@H](CCC(=O)O)C(=O)O. The molecule has 0 radical (unpaired) electrons. The van der Waals surface area contributed by atoms with Crippen LogP contribution in [0.3, 0.4) is 0 Å². The minimum atomic E-state index is -1.32. The number of hydrogen-bond acceptors (Lipinski definition) is 5. The van der Waals surface area contributed by atoms with Gasteiger partial charge in [-0.05, 0) is 31.2 Å². The highest BCUT2D eigenvalue weighted by Crippen LogP contribution is 2.19. The Bertz CT molecular complexity index is 724. The maximum Gasteiger partial charge on any atom is 0.326 e. The van der Waals surface area contributed by atoms with Crippen LogP contribution in [0.2, 0.25) is 0 Å². The lowest BCUT2D eigenvalue weighted by atomic mass is 10.0. The Hall–Kier alpha value is -2.94. The Morgan fingerprint density at radius 3 is 2.46 bits per heavy atom. The van der Waals surface area contributed by atoms with Gasteiger partial charge >= 0.3 is 11.9 Å². The fraction of sp³-hybridized carbons (Fsp3) is 0.474. The van der Waals surface area contributed by atoms with Gasteiger partial charge in [-0.2, -0.15) is 0 Å². The molecule has 3 atom stereocenters. The third-order valence-corrected chi connectivity index (χ3v) is 4.72. The summed E-state index contributed by atoms with van der Waals surface area (Å²) in [7, 11) is 0. The molecule has 2 rings (SSSR count). The average molecular weight is 391 g/mol. The molecule has 28 heavy (non-hydrogen) atoms. The van der Waals surface area contributed by atoms with Crippen molar-refractivity contribution in [2.24, 2.45) is 5.73 Å². The number of carbonyl (C=O) groups excluding carboxylic acids is 2.